The van der Waals surface area contributed by atoms with E-state index in [9.17, 15) is 10.5 Å². The van der Waals surface area contributed by atoms with Crippen LogP contribution in [0, 0.1) is 36.5 Å². The van der Waals surface area contributed by atoms with Crippen LogP contribution in [0.4, 0.5) is 0 Å². The molecule has 0 saturated carbocycles. The number of likely N-dealkylation sites (N-methyl/N-ethyl adjacent to an activating group) is 1. The van der Waals surface area contributed by atoms with Crippen molar-refractivity contribution in [1.29, 1.82) is 10.5 Å². The van der Waals surface area contributed by atoms with Gasteiger partial charge in [-0.2, -0.15) is 10.5 Å². The number of hydrogen-bond acceptors (Lipinski definition) is 3. The topological polar surface area (TPSA) is 50.8 Å². The summed E-state index contributed by atoms with van der Waals surface area (Å²) < 4.78 is 0. The van der Waals surface area contributed by atoms with Gasteiger partial charge in [0.25, 0.3) is 0 Å². The van der Waals surface area contributed by atoms with Crippen molar-refractivity contribution in [2.24, 2.45) is 0 Å². The third kappa shape index (κ3) is 5.50. The summed E-state index contributed by atoms with van der Waals surface area (Å²) in [5, 5.41) is 18.8. The van der Waals surface area contributed by atoms with Crippen molar-refractivity contribution >= 4 is 12.2 Å². The molecule has 1 heterocycles. The Kier molecular flexibility index (Phi) is 7.05. The first-order chi connectivity index (χ1) is 15.0. The average Bonchev–Trinajstić information content (AvgIpc) is 2.79. The number of nitrogens with zero attached hydrogens (tertiary/aromatic N) is 3. The number of nitriles is 2. The lowest BCUT2D eigenvalue weighted by molar-refractivity contribution is 0.474. The smallest absolute Gasteiger partial charge is 0.137 e. The molecule has 3 heteroatoms. The van der Waals surface area contributed by atoms with E-state index >= 15 is 0 Å². The summed E-state index contributed by atoms with van der Waals surface area (Å²) in [5.41, 5.74) is 7.24. The first kappa shape index (κ1) is 21.6. The zero-order chi connectivity index (χ0) is 22.2. The van der Waals surface area contributed by atoms with Gasteiger partial charge in [-0.3, -0.25) is 0 Å². The maximum atomic E-state index is 9.40. The van der Waals surface area contributed by atoms with Gasteiger partial charge in [0.1, 0.15) is 17.7 Å². The van der Waals surface area contributed by atoms with Crippen LogP contribution < -0.4 is 0 Å². The summed E-state index contributed by atoms with van der Waals surface area (Å²) >= 11 is 0. The zero-order valence-electron chi connectivity index (χ0n) is 18.1. The highest BCUT2D eigenvalue weighted by molar-refractivity contribution is 5.62. The van der Waals surface area contributed by atoms with Crippen LogP contribution in [0.2, 0.25) is 0 Å². The fourth-order valence-electron chi connectivity index (χ4n) is 3.32. The molecule has 2 aromatic rings. The molecule has 0 amide bonds. The highest BCUT2D eigenvalue weighted by Crippen LogP contribution is 2.27. The molecular formula is C28H25N3. The lowest BCUT2D eigenvalue weighted by Crippen LogP contribution is -2.23. The highest BCUT2D eigenvalue weighted by atomic mass is 15.1. The maximum absolute atomic E-state index is 9.40. The summed E-state index contributed by atoms with van der Waals surface area (Å²) in [6.07, 6.45) is 12.0. The number of aryl methyl sites for hydroxylation is 2. The van der Waals surface area contributed by atoms with Gasteiger partial charge in [0.05, 0.1) is 0 Å². The molecule has 3 rings (SSSR count). The van der Waals surface area contributed by atoms with Gasteiger partial charge in [-0.05, 0) is 56.2 Å². The molecule has 1 aliphatic heterocycles. The molecular weight excluding hydrogens is 378 g/mol. The molecule has 0 radical (unpaired) electrons. The Balaban J connectivity index is 2.00. The van der Waals surface area contributed by atoms with E-state index in [-0.39, 0.29) is 5.57 Å². The van der Waals surface area contributed by atoms with Gasteiger partial charge in [-0.15, -0.1) is 0 Å². The molecule has 1 aliphatic rings. The molecule has 152 valence electrons. The summed E-state index contributed by atoms with van der Waals surface area (Å²) in [7, 11) is 0. The Labute approximate surface area is 184 Å². The van der Waals surface area contributed by atoms with Gasteiger partial charge in [0.15, 0.2) is 0 Å². The summed E-state index contributed by atoms with van der Waals surface area (Å²) in [6, 6.07) is 20.7. The fourth-order valence-corrected chi connectivity index (χ4v) is 3.32. The molecule has 0 aliphatic carbocycles. The van der Waals surface area contributed by atoms with Gasteiger partial charge in [0.2, 0.25) is 0 Å². The molecule has 3 nitrogen and oxygen atoms in total. The number of benzene rings is 2. The molecule has 0 spiro atoms. The van der Waals surface area contributed by atoms with Gasteiger partial charge >= 0.3 is 0 Å². The first-order valence-corrected chi connectivity index (χ1v) is 10.3. The molecule has 0 atom stereocenters. The molecule has 0 N–H and O–H groups in total. The van der Waals surface area contributed by atoms with Crippen LogP contribution >= 0.6 is 0 Å². The molecule has 0 bridgehead atoms. The lowest BCUT2D eigenvalue weighted by atomic mass is 10.0. The second-order valence-corrected chi connectivity index (χ2v) is 7.42. The van der Waals surface area contributed by atoms with Crippen LogP contribution in [0.25, 0.3) is 12.2 Å². The SMILES string of the molecule is CCN1C(/C=C/c2ccc(C)cc2)=CC(=C(C#N)C#N)C=C1/C=C/c1ccc(C)cc1. The summed E-state index contributed by atoms with van der Waals surface area (Å²) in [4.78, 5) is 2.17. The van der Waals surface area contributed by atoms with E-state index < -0.39 is 0 Å². The van der Waals surface area contributed by atoms with Crippen molar-refractivity contribution in [2.45, 2.75) is 20.8 Å². The molecule has 0 aromatic heterocycles. The Hall–Kier alpha value is -4.08. The quantitative estimate of drug-likeness (QED) is 0.537. The largest absolute Gasteiger partial charge is 0.342 e. The monoisotopic (exact) mass is 403 g/mol. The predicted molar refractivity (Wildman–Crippen MR) is 127 cm³/mol. The Morgan fingerprint density at radius 2 is 1.16 bits per heavy atom. The van der Waals surface area contributed by atoms with Crippen LogP contribution in [0.5, 0.6) is 0 Å². The number of rotatable bonds is 5. The third-order valence-corrected chi connectivity index (χ3v) is 5.11. The van der Waals surface area contributed by atoms with Crippen LogP contribution in [0.1, 0.15) is 29.2 Å². The fraction of sp³-hybridized carbons (Fsp3) is 0.143. The minimum absolute atomic E-state index is 0.109. The first-order valence-electron chi connectivity index (χ1n) is 10.3. The van der Waals surface area contributed by atoms with Crippen LogP contribution in [0.15, 0.2) is 95.4 Å². The van der Waals surface area contributed by atoms with Crippen molar-refractivity contribution in [3.05, 3.63) is 118 Å². The van der Waals surface area contributed by atoms with Crippen LogP contribution in [-0.2, 0) is 0 Å². The van der Waals surface area contributed by atoms with Crippen molar-refractivity contribution in [3.8, 4) is 12.1 Å². The summed E-state index contributed by atoms with van der Waals surface area (Å²) in [6.45, 7) is 6.98. The van der Waals surface area contributed by atoms with E-state index in [0.717, 1.165) is 29.1 Å². The van der Waals surface area contributed by atoms with Crippen molar-refractivity contribution in [1.82, 2.24) is 4.90 Å². The van der Waals surface area contributed by atoms with Gasteiger partial charge in [0, 0.05) is 23.5 Å². The molecule has 0 unspecified atom stereocenters. The Morgan fingerprint density at radius 3 is 1.52 bits per heavy atom. The van der Waals surface area contributed by atoms with E-state index in [2.05, 4.69) is 86.4 Å². The van der Waals surface area contributed by atoms with E-state index in [1.54, 1.807) is 0 Å². The van der Waals surface area contributed by atoms with E-state index in [4.69, 9.17) is 0 Å². The summed E-state index contributed by atoms with van der Waals surface area (Å²) in [5.74, 6) is 0. The maximum Gasteiger partial charge on any atom is 0.137 e. The Bertz CT molecular complexity index is 1080. The molecule has 0 fully saturated rings. The Morgan fingerprint density at radius 1 is 0.742 bits per heavy atom. The highest BCUT2D eigenvalue weighted by Gasteiger charge is 2.17. The second-order valence-electron chi connectivity index (χ2n) is 7.42. The van der Waals surface area contributed by atoms with Gasteiger partial charge < -0.3 is 4.90 Å². The molecule has 2 aromatic carbocycles. The van der Waals surface area contributed by atoms with Crippen molar-refractivity contribution in [2.75, 3.05) is 6.54 Å². The minimum atomic E-state index is 0.109. The van der Waals surface area contributed by atoms with E-state index in [1.807, 2.05) is 36.4 Å². The van der Waals surface area contributed by atoms with E-state index in [0.29, 0.717) is 5.57 Å². The van der Waals surface area contributed by atoms with Gasteiger partial charge in [-0.1, -0.05) is 71.8 Å². The lowest BCUT2D eigenvalue weighted by Gasteiger charge is -2.29. The minimum Gasteiger partial charge on any atom is -0.342 e. The van der Waals surface area contributed by atoms with Crippen molar-refractivity contribution < 1.29 is 0 Å². The second kappa shape index (κ2) is 10.1. The van der Waals surface area contributed by atoms with Crippen LogP contribution in [-0.4, -0.2) is 11.4 Å². The van der Waals surface area contributed by atoms with Crippen LogP contribution in [0.3, 0.4) is 0 Å². The zero-order valence-corrected chi connectivity index (χ0v) is 18.1. The normalized spacial score (nSPS) is 13.7. The average molecular weight is 404 g/mol. The number of hydrogen-bond donors (Lipinski definition) is 0. The van der Waals surface area contributed by atoms with Gasteiger partial charge in [-0.25, -0.2) is 0 Å². The van der Waals surface area contributed by atoms with E-state index in [1.165, 1.54) is 11.1 Å². The molecule has 31 heavy (non-hydrogen) atoms. The number of allylic oxidation sites excluding steroid dienone is 6. The standard InChI is InChI=1S/C28H25N3/c1-4-31-27(15-13-23-9-5-21(2)6-10-23)17-25(26(19-29)20-30)18-28(31)16-14-24-11-7-22(3)8-12-24/h5-18H,4H2,1-3H3/b15-13+,16-14+. The predicted octanol–water partition coefficient (Wildman–Crippen LogP) is 6.48. The molecule has 0 saturated heterocycles. The third-order valence-electron chi connectivity index (χ3n) is 5.11. The van der Waals surface area contributed by atoms with Crippen molar-refractivity contribution in [3.63, 3.8) is 0 Å².